The number of rotatable bonds is 4. The molecular formula is C17H21NO4. The first-order valence-electron chi connectivity index (χ1n) is 7.74. The number of hydrogen-bond acceptors (Lipinski definition) is 3. The fourth-order valence-electron chi connectivity index (χ4n) is 3.29. The maximum absolute atomic E-state index is 12.6. The van der Waals surface area contributed by atoms with Crippen LogP contribution in [0.3, 0.4) is 0 Å². The van der Waals surface area contributed by atoms with E-state index in [1.54, 1.807) is 4.90 Å². The molecule has 118 valence electrons. The third kappa shape index (κ3) is 3.14. The molecule has 5 nitrogen and oxygen atoms in total. The number of carboxylic acid groups (broad SMARTS) is 1. The van der Waals surface area contributed by atoms with Crippen LogP contribution in [0.25, 0.3) is 0 Å². The monoisotopic (exact) mass is 303 g/mol. The molecule has 0 bridgehead atoms. The topological polar surface area (TPSA) is 66.8 Å². The second-order valence-electron chi connectivity index (χ2n) is 6.18. The quantitative estimate of drug-likeness (QED) is 0.921. The van der Waals surface area contributed by atoms with Gasteiger partial charge in [-0.1, -0.05) is 24.3 Å². The molecule has 1 N–H and O–H groups in total. The van der Waals surface area contributed by atoms with Crippen LogP contribution in [0.15, 0.2) is 24.3 Å². The minimum atomic E-state index is -0.886. The Morgan fingerprint density at radius 3 is 2.86 bits per heavy atom. The Labute approximate surface area is 129 Å². The maximum Gasteiger partial charge on any atom is 0.306 e. The lowest BCUT2D eigenvalue weighted by Crippen LogP contribution is -2.47. The van der Waals surface area contributed by atoms with Crippen LogP contribution < -0.4 is 0 Å². The molecule has 5 heteroatoms. The van der Waals surface area contributed by atoms with E-state index in [4.69, 9.17) is 9.84 Å². The SMILES string of the molecule is Cc1ccccc1[C@@H]1C[C@H]1C(=O)N1CCO[C@@H](CC(=O)O)C1. The third-order valence-corrected chi connectivity index (χ3v) is 4.55. The van der Waals surface area contributed by atoms with Crippen molar-refractivity contribution < 1.29 is 19.4 Å². The van der Waals surface area contributed by atoms with Gasteiger partial charge in [0.1, 0.15) is 0 Å². The number of aliphatic carboxylic acids is 1. The fourth-order valence-corrected chi connectivity index (χ4v) is 3.29. The Morgan fingerprint density at radius 1 is 1.36 bits per heavy atom. The highest BCUT2D eigenvalue weighted by atomic mass is 16.5. The summed E-state index contributed by atoms with van der Waals surface area (Å²) < 4.78 is 5.43. The number of aryl methyl sites for hydroxylation is 1. The van der Waals surface area contributed by atoms with E-state index < -0.39 is 5.97 Å². The van der Waals surface area contributed by atoms with Crippen molar-refractivity contribution in [2.24, 2.45) is 5.92 Å². The van der Waals surface area contributed by atoms with Crippen LogP contribution in [-0.4, -0.2) is 47.7 Å². The predicted molar refractivity (Wildman–Crippen MR) is 80.6 cm³/mol. The lowest BCUT2D eigenvalue weighted by atomic mass is 10.0. The summed E-state index contributed by atoms with van der Waals surface area (Å²) in [5, 5.41) is 8.85. The molecule has 0 aromatic heterocycles. The van der Waals surface area contributed by atoms with Crippen molar-refractivity contribution in [3.05, 3.63) is 35.4 Å². The highest BCUT2D eigenvalue weighted by Gasteiger charge is 2.46. The average Bonchev–Trinajstić information content (AvgIpc) is 3.27. The second kappa shape index (κ2) is 6.08. The molecular weight excluding hydrogens is 282 g/mol. The zero-order chi connectivity index (χ0) is 15.7. The molecule has 1 amide bonds. The van der Waals surface area contributed by atoms with Crippen LogP contribution in [-0.2, 0) is 14.3 Å². The number of benzene rings is 1. The van der Waals surface area contributed by atoms with Gasteiger partial charge in [0.15, 0.2) is 0 Å². The van der Waals surface area contributed by atoms with Crippen molar-refractivity contribution in [2.75, 3.05) is 19.7 Å². The summed E-state index contributed by atoms with van der Waals surface area (Å²) in [6, 6.07) is 8.20. The Hall–Kier alpha value is -1.88. The van der Waals surface area contributed by atoms with Crippen molar-refractivity contribution in [3.8, 4) is 0 Å². The standard InChI is InChI=1S/C17H21NO4/c1-11-4-2-3-5-13(11)14-9-15(14)17(21)18-6-7-22-12(10-18)8-16(19)20/h2-5,12,14-15H,6-10H2,1H3,(H,19,20)/t12-,14-,15+/m0/s1. The molecule has 2 aliphatic rings. The molecule has 1 heterocycles. The molecule has 0 spiro atoms. The van der Waals surface area contributed by atoms with Gasteiger partial charge in [0, 0.05) is 19.0 Å². The number of carboxylic acids is 1. The minimum absolute atomic E-state index is 0.0460. The summed E-state index contributed by atoms with van der Waals surface area (Å²) in [5.41, 5.74) is 2.49. The highest BCUT2D eigenvalue weighted by molar-refractivity contribution is 5.83. The molecule has 1 aromatic carbocycles. The van der Waals surface area contributed by atoms with Gasteiger partial charge < -0.3 is 14.7 Å². The van der Waals surface area contributed by atoms with Crippen molar-refractivity contribution in [2.45, 2.75) is 31.8 Å². The van der Waals surface area contributed by atoms with Crippen molar-refractivity contribution in [1.82, 2.24) is 4.90 Å². The van der Waals surface area contributed by atoms with E-state index in [0.29, 0.717) is 25.6 Å². The molecule has 1 aliphatic heterocycles. The number of morpholine rings is 1. The van der Waals surface area contributed by atoms with E-state index >= 15 is 0 Å². The molecule has 22 heavy (non-hydrogen) atoms. The van der Waals surface area contributed by atoms with Crippen molar-refractivity contribution in [3.63, 3.8) is 0 Å². The van der Waals surface area contributed by atoms with E-state index in [0.717, 1.165) is 6.42 Å². The van der Waals surface area contributed by atoms with E-state index in [1.807, 2.05) is 12.1 Å². The average molecular weight is 303 g/mol. The summed E-state index contributed by atoms with van der Waals surface area (Å²) in [7, 11) is 0. The molecule has 1 saturated carbocycles. The number of carbonyl (C=O) groups is 2. The van der Waals surface area contributed by atoms with Crippen LogP contribution in [0.2, 0.25) is 0 Å². The summed E-state index contributed by atoms with van der Waals surface area (Å²) in [4.78, 5) is 25.2. The zero-order valence-corrected chi connectivity index (χ0v) is 12.7. The van der Waals surface area contributed by atoms with E-state index in [-0.39, 0.29) is 24.3 Å². The number of hydrogen-bond donors (Lipinski definition) is 1. The summed E-state index contributed by atoms with van der Waals surface area (Å²) in [5.74, 6) is -0.380. The van der Waals surface area contributed by atoms with Gasteiger partial charge in [-0.3, -0.25) is 9.59 Å². The Morgan fingerprint density at radius 2 is 2.14 bits per heavy atom. The van der Waals surface area contributed by atoms with Gasteiger partial charge in [0.05, 0.1) is 19.1 Å². The first-order chi connectivity index (χ1) is 10.6. The minimum Gasteiger partial charge on any atom is -0.481 e. The number of amides is 1. The van der Waals surface area contributed by atoms with Gasteiger partial charge in [-0.25, -0.2) is 0 Å². The van der Waals surface area contributed by atoms with E-state index in [1.165, 1.54) is 11.1 Å². The number of nitrogens with zero attached hydrogens (tertiary/aromatic N) is 1. The molecule has 1 aliphatic carbocycles. The van der Waals surface area contributed by atoms with Gasteiger partial charge in [0.2, 0.25) is 5.91 Å². The molecule has 2 fully saturated rings. The summed E-state index contributed by atoms with van der Waals surface area (Å²) in [6.07, 6.45) is 0.464. The van der Waals surface area contributed by atoms with Gasteiger partial charge >= 0.3 is 5.97 Å². The van der Waals surface area contributed by atoms with Crippen molar-refractivity contribution >= 4 is 11.9 Å². The van der Waals surface area contributed by atoms with Crippen molar-refractivity contribution in [1.29, 1.82) is 0 Å². The Bertz CT molecular complexity index is 586. The van der Waals surface area contributed by atoms with Gasteiger partial charge in [-0.05, 0) is 30.4 Å². The summed E-state index contributed by atoms with van der Waals surface area (Å²) in [6.45, 7) is 3.45. The van der Waals surface area contributed by atoms with Crippen LogP contribution in [0.5, 0.6) is 0 Å². The smallest absolute Gasteiger partial charge is 0.306 e. The molecule has 3 rings (SSSR count). The first kappa shape index (κ1) is 15.0. The van der Waals surface area contributed by atoms with E-state index in [9.17, 15) is 9.59 Å². The molecule has 1 aromatic rings. The second-order valence-corrected chi connectivity index (χ2v) is 6.18. The van der Waals surface area contributed by atoms with Gasteiger partial charge in [-0.2, -0.15) is 0 Å². The zero-order valence-electron chi connectivity index (χ0n) is 12.7. The fraction of sp³-hybridized carbons (Fsp3) is 0.529. The number of ether oxygens (including phenoxy) is 1. The molecule has 3 atom stereocenters. The van der Waals surface area contributed by atoms with Crippen LogP contribution in [0.4, 0.5) is 0 Å². The highest BCUT2D eigenvalue weighted by Crippen LogP contribution is 2.49. The maximum atomic E-state index is 12.6. The van der Waals surface area contributed by atoms with Crippen LogP contribution in [0.1, 0.15) is 29.9 Å². The Balaban J connectivity index is 1.61. The number of carbonyl (C=O) groups excluding carboxylic acids is 1. The first-order valence-corrected chi connectivity index (χ1v) is 7.74. The van der Waals surface area contributed by atoms with Crippen LogP contribution >= 0.6 is 0 Å². The van der Waals surface area contributed by atoms with Crippen LogP contribution in [0, 0.1) is 12.8 Å². The summed E-state index contributed by atoms with van der Waals surface area (Å²) >= 11 is 0. The molecule has 0 unspecified atom stereocenters. The third-order valence-electron chi connectivity index (χ3n) is 4.55. The van der Waals surface area contributed by atoms with E-state index in [2.05, 4.69) is 19.1 Å². The Kier molecular flexibility index (Phi) is 4.16. The van der Waals surface area contributed by atoms with Gasteiger partial charge in [-0.15, -0.1) is 0 Å². The lowest BCUT2D eigenvalue weighted by molar-refractivity contribution is -0.148. The predicted octanol–water partition coefficient (Wildman–Crippen LogP) is 1.80. The van der Waals surface area contributed by atoms with Gasteiger partial charge in [0.25, 0.3) is 0 Å². The normalized spacial score (nSPS) is 27.5. The lowest BCUT2D eigenvalue weighted by Gasteiger charge is -2.32. The molecule has 1 saturated heterocycles. The molecule has 0 radical (unpaired) electrons. The largest absolute Gasteiger partial charge is 0.481 e.